The van der Waals surface area contributed by atoms with Crippen LogP contribution in [-0.2, 0) is 0 Å². The maximum absolute atomic E-state index is 8.74. The largest absolute Gasteiger partial charge is 0.368 e. The van der Waals surface area contributed by atoms with Crippen molar-refractivity contribution in [2.24, 2.45) is 0 Å². The van der Waals surface area contributed by atoms with Gasteiger partial charge in [0.2, 0.25) is 11.9 Å². The average Bonchev–Trinajstić information content (AvgIpc) is 2.33. The fourth-order valence-corrected chi connectivity index (χ4v) is 2.18. The number of aromatic nitrogens is 3. The normalized spacial score (nSPS) is 10.3. The first-order valence-corrected chi connectivity index (χ1v) is 5.96. The zero-order chi connectivity index (χ0) is 14.0. The smallest absolute Gasteiger partial charge is 0.253 e. The van der Waals surface area contributed by atoms with Gasteiger partial charge in [0, 0.05) is 5.02 Å². The van der Waals surface area contributed by atoms with Crippen LogP contribution in [0.15, 0.2) is 12.1 Å². The summed E-state index contributed by atoms with van der Waals surface area (Å²) >= 11 is 17.8. The zero-order valence-electron chi connectivity index (χ0n) is 9.15. The molecule has 2 aromatic rings. The Labute approximate surface area is 122 Å². The second kappa shape index (κ2) is 5.62. The Kier molecular flexibility index (Phi) is 4.11. The van der Waals surface area contributed by atoms with E-state index in [9.17, 15) is 0 Å². The van der Waals surface area contributed by atoms with Gasteiger partial charge in [0.15, 0.2) is 0 Å². The molecular weight excluding hydrogens is 314 g/mol. The van der Waals surface area contributed by atoms with Crippen molar-refractivity contribution in [3.05, 3.63) is 27.2 Å². The van der Waals surface area contributed by atoms with Gasteiger partial charge in [0.25, 0.3) is 5.95 Å². The Morgan fingerprint density at radius 2 is 1.58 bits per heavy atom. The van der Waals surface area contributed by atoms with Crippen LogP contribution in [-0.4, -0.2) is 20.2 Å². The number of nitrogens with zero attached hydrogens (tertiary/aromatic N) is 3. The number of nitrogen functional groups attached to an aromatic ring is 1. The fourth-order valence-electron chi connectivity index (χ4n) is 1.27. The topological polar surface area (TPSA) is 109 Å². The third kappa shape index (κ3) is 3.27. The van der Waals surface area contributed by atoms with Crippen LogP contribution in [0.2, 0.25) is 15.1 Å². The van der Waals surface area contributed by atoms with Crippen molar-refractivity contribution in [3.8, 4) is 0 Å². The van der Waals surface area contributed by atoms with E-state index in [0.717, 1.165) is 0 Å². The molecule has 100 valence electrons. The molecule has 2 rings (SSSR count). The van der Waals surface area contributed by atoms with Gasteiger partial charge in [-0.3, -0.25) is 5.21 Å². The molecule has 0 amide bonds. The molecular formula is C9H7Cl3N6O. The molecule has 1 aromatic heterocycles. The maximum Gasteiger partial charge on any atom is 0.253 e. The number of anilines is 4. The van der Waals surface area contributed by atoms with Gasteiger partial charge in [-0.25, -0.2) is 5.48 Å². The van der Waals surface area contributed by atoms with Crippen molar-refractivity contribution in [2.75, 3.05) is 16.5 Å². The van der Waals surface area contributed by atoms with Gasteiger partial charge in [-0.2, -0.15) is 15.0 Å². The summed E-state index contributed by atoms with van der Waals surface area (Å²) in [7, 11) is 0. The molecule has 0 bridgehead atoms. The van der Waals surface area contributed by atoms with Gasteiger partial charge < -0.3 is 11.1 Å². The summed E-state index contributed by atoms with van der Waals surface area (Å²) in [5, 5.41) is 12.5. The number of hydrogen-bond acceptors (Lipinski definition) is 7. The molecule has 0 aliphatic rings. The third-order valence-electron chi connectivity index (χ3n) is 2.00. The van der Waals surface area contributed by atoms with Crippen LogP contribution < -0.4 is 16.5 Å². The summed E-state index contributed by atoms with van der Waals surface area (Å²) < 4.78 is 0. The molecule has 0 fully saturated rings. The molecule has 0 saturated carbocycles. The highest BCUT2D eigenvalue weighted by Crippen LogP contribution is 2.35. The van der Waals surface area contributed by atoms with E-state index >= 15 is 0 Å². The van der Waals surface area contributed by atoms with Crippen LogP contribution in [0.5, 0.6) is 0 Å². The molecule has 7 nitrogen and oxygen atoms in total. The van der Waals surface area contributed by atoms with Gasteiger partial charge in [-0.15, -0.1) is 0 Å². The second-order valence-electron chi connectivity index (χ2n) is 3.32. The first kappa shape index (κ1) is 13.9. The van der Waals surface area contributed by atoms with Crippen LogP contribution in [0.3, 0.4) is 0 Å². The lowest BCUT2D eigenvalue weighted by atomic mass is 10.3. The fraction of sp³-hybridized carbons (Fsp3) is 0. The maximum atomic E-state index is 8.74. The van der Waals surface area contributed by atoms with E-state index in [1.807, 2.05) is 0 Å². The number of nitrogens with one attached hydrogen (secondary N) is 2. The van der Waals surface area contributed by atoms with Crippen molar-refractivity contribution >= 4 is 58.3 Å². The quantitative estimate of drug-likeness (QED) is 0.643. The van der Waals surface area contributed by atoms with Crippen LogP contribution in [0.25, 0.3) is 0 Å². The minimum atomic E-state index is -0.115. The van der Waals surface area contributed by atoms with Crippen LogP contribution in [0.1, 0.15) is 0 Å². The third-order valence-corrected chi connectivity index (χ3v) is 2.81. The number of rotatable bonds is 3. The summed E-state index contributed by atoms with van der Waals surface area (Å²) in [4.78, 5) is 11.3. The second-order valence-corrected chi connectivity index (χ2v) is 4.57. The van der Waals surface area contributed by atoms with E-state index in [4.69, 9.17) is 45.7 Å². The van der Waals surface area contributed by atoms with E-state index in [-0.39, 0.29) is 27.9 Å². The lowest BCUT2D eigenvalue weighted by molar-refractivity contribution is 0.382. The Bertz CT molecular complexity index is 600. The monoisotopic (exact) mass is 320 g/mol. The van der Waals surface area contributed by atoms with Gasteiger partial charge in [-0.1, -0.05) is 34.8 Å². The van der Waals surface area contributed by atoms with Crippen LogP contribution >= 0.6 is 34.8 Å². The molecule has 1 aromatic carbocycles. The van der Waals surface area contributed by atoms with Crippen molar-refractivity contribution in [3.63, 3.8) is 0 Å². The highest BCUT2D eigenvalue weighted by atomic mass is 35.5. The number of nitrogens with two attached hydrogens (primary N) is 1. The Morgan fingerprint density at radius 1 is 1.00 bits per heavy atom. The Morgan fingerprint density at radius 3 is 2.16 bits per heavy atom. The predicted molar refractivity (Wildman–Crippen MR) is 74.4 cm³/mol. The molecule has 1 heterocycles. The molecule has 0 unspecified atom stereocenters. The van der Waals surface area contributed by atoms with Gasteiger partial charge >= 0.3 is 0 Å². The summed E-state index contributed by atoms with van der Waals surface area (Å²) in [6.07, 6.45) is 0. The Balaban J connectivity index is 2.39. The lowest BCUT2D eigenvalue weighted by Gasteiger charge is -2.10. The van der Waals surface area contributed by atoms with Crippen molar-refractivity contribution < 1.29 is 5.21 Å². The molecule has 0 atom stereocenters. The standard InChI is InChI=1S/C9H7Cl3N6O/c10-3-1-4(11)6(5(12)2-3)14-8-15-7(13)16-9(17-8)18-19/h1-2,19H,(H4,13,14,15,16,17,18). The summed E-state index contributed by atoms with van der Waals surface area (Å²) in [5.74, 6) is -0.137. The van der Waals surface area contributed by atoms with Crippen LogP contribution in [0, 0.1) is 0 Å². The van der Waals surface area contributed by atoms with Crippen molar-refractivity contribution in [1.29, 1.82) is 0 Å². The number of hydrogen-bond donors (Lipinski definition) is 4. The van der Waals surface area contributed by atoms with Crippen LogP contribution in [0.4, 0.5) is 23.5 Å². The van der Waals surface area contributed by atoms with Gasteiger partial charge in [0.1, 0.15) is 0 Å². The summed E-state index contributed by atoms with van der Waals surface area (Å²) in [6.45, 7) is 0. The van der Waals surface area contributed by atoms with Gasteiger partial charge in [0.05, 0.1) is 15.7 Å². The van der Waals surface area contributed by atoms with E-state index in [2.05, 4.69) is 20.3 Å². The van der Waals surface area contributed by atoms with Crippen molar-refractivity contribution in [2.45, 2.75) is 0 Å². The number of benzene rings is 1. The highest BCUT2D eigenvalue weighted by Gasteiger charge is 2.11. The first-order chi connectivity index (χ1) is 8.99. The molecule has 19 heavy (non-hydrogen) atoms. The summed E-state index contributed by atoms with van der Waals surface area (Å²) in [5.41, 5.74) is 7.57. The zero-order valence-corrected chi connectivity index (χ0v) is 11.4. The van der Waals surface area contributed by atoms with Crippen molar-refractivity contribution in [1.82, 2.24) is 15.0 Å². The molecule has 0 saturated heterocycles. The van der Waals surface area contributed by atoms with E-state index in [0.29, 0.717) is 10.7 Å². The van der Waals surface area contributed by atoms with Gasteiger partial charge in [-0.05, 0) is 12.1 Å². The first-order valence-electron chi connectivity index (χ1n) is 4.83. The minimum Gasteiger partial charge on any atom is -0.368 e. The van der Waals surface area contributed by atoms with E-state index in [1.54, 1.807) is 5.48 Å². The van der Waals surface area contributed by atoms with E-state index < -0.39 is 0 Å². The Hall–Kier alpha value is -1.54. The molecule has 0 spiro atoms. The SMILES string of the molecule is Nc1nc(NO)nc(Nc2c(Cl)cc(Cl)cc2Cl)n1. The average molecular weight is 322 g/mol. The lowest BCUT2D eigenvalue weighted by Crippen LogP contribution is -2.07. The minimum absolute atomic E-state index is 0.0650. The summed E-state index contributed by atoms with van der Waals surface area (Å²) in [6, 6.07) is 3.01. The molecule has 10 heteroatoms. The molecule has 0 aliphatic carbocycles. The predicted octanol–water partition coefficient (Wildman–Crippen LogP) is 2.96. The highest BCUT2D eigenvalue weighted by molar-refractivity contribution is 6.41. The molecule has 0 aliphatic heterocycles. The molecule has 5 N–H and O–H groups in total. The van der Waals surface area contributed by atoms with E-state index in [1.165, 1.54) is 12.1 Å². The number of halogens is 3. The molecule has 0 radical (unpaired) electrons.